The van der Waals surface area contributed by atoms with Gasteiger partial charge in [-0.2, -0.15) is 13.2 Å². The molecule has 0 heterocycles. The molecular weight excluding hydrogens is 121 g/mol. The molecule has 50 valence electrons. The number of nitrogens with two attached hydrogens (primary N) is 1. The third-order valence-corrected chi connectivity index (χ3v) is 0.553. The Hall–Kier alpha value is -0.290. The second-order valence-electron chi connectivity index (χ2n) is 1.32. The molecule has 2 nitrogen and oxygen atoms in total. The molecule has 0 aliphatic carbocycles. The Kier molecular flexibility index (Phi) is 2.78. The van der Waals surface area contributed by atoms with E-state index >= 15 is 0 Å². The first-order valence-corrected chi connectivity index (χ1v) is 2.06. The van der Waals surface area contributed by atoms with Crippen molar-refractivity contribution in [1.29, 1.82) is 0 Å². The van der Waals surface area contributed by atoms with Crippen molar-refractivity contribution in [2.24, 2.45) is 5.84 Å². The van der Waals surface area contributed by atoms with Crippen LogP contribution in [-0.4, -0.2) is 12.7 Å². The summed E-state index contributed by atoms with van der Waals surface area (Å²) in [5, 5.41) is 0. The molecule has 0 aliphatic heterocycles. The highest BCUT2D eigenvalue weighted by atomic mass is 19.4. The van der Waals surface area contributed by atoms with E-state index < -0.39 is 12.6 Å². The molecular formula is C3H7F3N2. The van der Waals surface area contributed by atoms with Gasteiger partial charge >= 0.3 is 6.18 Å². The predicted molar refractivity (Wildman–Crippen MR) is 22.9 cm³/mol. The Morgan fingerprint density at radius 2 is 1.88 bits per heavy atom. The molecule has 0 atom stereocenters. The van der Waals surface area contributed by atoms with E-state index in [0.29, 0.717) is 0 Å². The molecule has 5 heteroatoms. The quantitative estimate of drug-likeness (QED) is 0.417. The highest BCUT2D eigenvalue weighted by molar-refractivity contribution is 4.49. The van der Waals surface area contributed by atoms with Gasteiger partial charge in [-0.3, -0.25) is 11.3 Å². The first-order chi connectivity index (χ1) is 3.56. The Labute approximate surface area is 44.8 Å². The number of rotatable bonds is 2. The van der Waals surface area contributed by atoms with Gasteiger partial charge in [-0.15, -0.1) is 0 Å². The standard InChI is InChI=1S/C3H7F3N2/c4-3(5,6)1-2-8-7/h8H,1-2,7H2. The molecule has 0 aromatic heterocycles. The van der Waals surface area contributed by atoms with Crippen LogP contribution in [0, 0.1) is 0 Å². The van der Waals surface area contributed by atoms with Gasteiger partial charge in [0.25, 0.3) is 0 Å². The van der Waals surface area contributed by atoms with Crippen LogP contribution in [0.15, 0.2) is 0 Å². The maximum Gasteiger partial charge on any atom is 0.390 e. The van der Waals surface area contributed by atoms with Crippen LogP contribution < -0.4 is 11.3 Å². The van der Waals surface area contributed by atoms with Gasteiger partial charge in [-0.1, -0.05) is 0 Å². The van der Waals surface area contributed by atoms with Crippen molar-refractivity contribution in [2.75, 3.05) is 6.54 Å². The lowest BCUT2D eigenvalue weighted by atomic mass is 10.4. The molecule has 0 spiro atoms. The minimum absolute atomic E-state index is 0.219. The molecule has 0 aromatic carbocycles. The van der Waals surface area contributed by atoms with Gasteiger partial charge in [-0.05, 0) is 0 Å². The maximum atomic E-state index is 11.1. The van der Waals surface area contributed by atoms with Gasteiger partial charge in [-0.25, -0.2) is 0 Å². The van der Waals surface area contributed by atoms with E-state index in [2.05, 4.69) is 5.84 Å². The lowest BCUT2D eigenvalue weighted by Crippen LogP contribution is -2.27. The molecule has 8 heavy (non-hydrogen) atoms. The third-order valence-electron chi connectivity index (χ3n) is 0.553. The van der Waals surface area contributed by atoms with E-state index in [9.17, 15) is 13.2 Å². The molecule has 0 aromatic rings. The van der Waals surface area contributed by atoms with Gasteiger partial charge in [0, 0.05) is 6.54 Å². The Bertz CT molecular complexity index is 60.0. The van der Waals surface area contributed by atoms with E-state index in [1.807, 2.05) is 5.43 Å². The molecule has 3 N–H and O–H groups in total. The number of halogens is 3. The lowest BCUT2D eigenvalue weighted by molar-refractivity contribution is -0.133. The highest BCUT2D eigenvalue weighted by Gasteiger charge is 2.25. The number of hydrazine groups is 1. The number of hydrogen-bond donors (Lipinski definition) is 2. The number of nitrogens with one attached hydrogen (secondary N) is 1. The topological polar surface area (TPSA) is 38.0 Å². The molecule has 0 saturated heterocycles. The van der Waals surface area contributed by atoms with E-state index in [-0.39, 0.29) is 6.54 Å². The average molecular weight is 128 g/mol. The highest BCUT2D eigenvalue weighted by Crippen LogP contribution is 2.17. The molecule has 0 rings (SSSR count). The summed E-state index contributed by atoms with van der Waals surface area (Å²) in [5.41, 5.74) is 1.90. The molecule has 0 aliphatic rings. The Morgan fingerprint density at radius 1 is 1.38 bits per heavy atom. The second kappa shape index (κ2) is 2.88. The number of alkyl halides is 3. The zero-order valence-electron chi connectivity index (χ0n) is 4.13. The molecule has 0 amide bonds. The van der Waals surface area contributed by atoms with Crippen LogP contribution in [0.1, 0.15) is 6.42 Å². The Morgan fingerprint density at radius 3 is 2.00 bits per heavy atom. The summed E-state index contributed by atoms with van der Waals surface area (Å²) in [7, 11) is 0. The first-order valence-electron chi connectivity index (χ1n) is 2.06. The van der Waals surface area contributed by atoms with Gasteiger partial charge in [0.15, 0.2) is 0 Å². The fraction of sp³-hybridized carbons (Fsp3) is 1.00. The fourth-order valence-electron chi connectivity index (χ4n) is 0.214. The van der Waals surface area contributed by atoms with Crippen LogP contribution in [0.25, 0.3) is 0 Å². The van der Waals surface area contributed by atoms with Crippen LogP contribution in [0.4, 0.5) is 13.2 Å². The minimum atomic E-state index is -4.09. The van der Waals surface area contributed by atoms with Crippen molar-refractivity contribution in [3.63, 3.8) is 0 Å². The molecule has 0 unspecified atom stereocenters. The maximum absolute atomic E-state index is 11.1. The van der Waals surface area contributed by atoms with E-state index in [1.165, 1.54) is 0 Å². The largest absolute Gasteiger partial charge is 0.390 e. The minimum Gasteiger partial charge on any atom is -0.271 e. The van der Waals surface area contributed by atoms with Crippen molar-refractivity contribution in [1.82, 2.24) is 5.43 Å². The van der Waals surface area contributed by atoms with Crippen LogP contribution in [-0.2, 0) is 0 Å². The summed E-state index contributed by atoms with van der Waals surface area (Å²) in [6, 6.07) is 0. The van der Waals surface area contributed by atoms with E-state index in [1.54, 1.807) is 0 Å². The predicted octanol–water partition coefficient (Wildman–Crippen LogP) is 0.402. The summed E-state index contributed by atoms with van der Waals surface area (Å²) in [5.74, 6) is 4.59. The van der Waals surface area contributed by atoms with Crippen molar-refractivity contribution in [2.45, 2.75) is 12.6 Å². The smallest absolute Gasteiger partial charge is 0.271 e. The third kappa shape index (κ3) is 5.71. The van der Waals surface area contributed by atoms with E-state index in [0.717, 1.165) is 0 Å². The molecule has 0 radical (unpaired) electrons. The first kappa shape index (κ1) is 7.71. The molecule has 0 bridgehead atoms. The SMILES string of the molecule is NNCCC(F)(F)F. The molecule has 0 saturated carbocycles. The van der Waals surface area contributed by atoms with Crippen LogP contribution in [0.2, 0.25) is 0 Å². The van der Waals surface area contributed by atoms with Crippen LogP contribution in [0.5, 0.6) is 0 Å². The monoisotopic (exact) mass is 128 g/mol. The normalized spacial score (nSPS) is 12.0. The van der Waals surface area contributed by atoms with Gasteiger partial charge < -0.3 is 0 Å². The summed E-state index contributed by atoms with van der Waals surface area (Å²) >= 11 is 0. The van der Waals surface area contributed by atoms with Crippen molar-refractivity contribution < 1.29 is 13.2 Å². The second-order valence-corrected chi connectivity index (χ2v) is 1.32. The van der Waals surface area contributed by atoms with Gasteiger partial charge in [0.05, 0.1) is 6.42 Å². The Balaban J connectivity index is 3.11. The van der Waals surface area contributed by atoms with Crippen molar-refractivity contribution >= 4 is 0 Å². The summed E-state index contributed by atoms with van der Waals surface area (Å²) in [4.78, 5) is 0. The average Bonchev–Trinajstić information content (AvgIpc) is 1.59. The van der Waals surface area contributed by atoms with E-state index in [4.69, 9.17) is 0 Å². The zero-order chi connectivity index (χ0) is 6.62. The molecule has 0 fully saturated rings. The van der Waals surface area contributed by atoms with Crippen molar-refractivity contribution in [3.8, 4) is 0 Å². The van der Waals surface area contributed by atoms with Crippen LogP contribution in [0.3, 0.4) is 0 Å². The number of hydrogen-bond acceptors (Lipinski definition) is 2. The summed E-state index contributed by atoms with van der Waals surface area (Å²) in [6.45, 7) is -0.219. The van der Waals surface area contributed by atoms with Gasteiger partial charge in [0.2, 0.25) is 0 Å². The zero-order valence-corrected chi connectivity index (χ0v) is 4.13. The van der Waals surface area contributed by atoms with Crippen LogP contribution >= 0.6 is 0 Å². The lowest BCUT2D eigenvalue weighted by Gasteiger charge is -2.02. The van der Waals surface area contributed by atoms with Gasteiger partial charge in [0.1, 0.15) is 0 Å². The summed E-state index contributed by atoms with van der Waals surface area (Å²) in [6.07, 6.45) is -4.96. The van der Waals surface area contributed by atoms with Crippen molar-refractivity contribution in [3.05, 3.63) is 0 Å². The summed E-state index contributed by atoms with van der Waals surface area (Å²) < 4.78 is 33.4. The fourth-order valence-corrected chi connectivity index (χ4v) is 0.214.